The van der Waals surface area contributed by atoms with Crippen molar-refractivity contribution >= 4 is 10.2 Å². The van der Waals surface area contributed by atoms with Crippen molar-refractivity contribution in [3.8, 4) is 6.07 Å². The van der Waals surface area contributed by atoms with Crippen molar-refractivity contribution in [2.75, 3.05) is 0 Å². The molecule has 0 heterocycles. The quantitative estimate of drug-likeness (QED) is 0.399. The SMILES string of the molecule is N#CCCC/C=C/[SiH3]. The minimum atomic E-state index is 0.700. The van der Waals surface area contributed by atoms with E-state index in [1.807, 2.05) is 0 Å². The van der Waals surface area contributed by atoms with E-state index >= 15 is 0 Å². The minimum Gasteiger partial charge on any atom is -0.198 e. The van der Waals surface area contributed by atoms with Crippen molar-refractivity contribution in [2.24, 2.45) is 0 Å². The molecule has 2 heteroatoms. The molecule has 0 saturated carbocycles. The van der Waals surface area contributed by atoms with Crippen molar-refractivity contribution in [3.63, 3.8) is 0 Å². The zero-order valence-electron chi connectivity index (χ0n) is 5.22. The van der Waals surface area contributed by atoms with E-state index in [9.17, 15) is 0 Å². The van der Waals surface area contributed by atoms with Crippen LogP contribution < -0.4 is 0 Å². The zero-order valence-corrected chi connectivity index (χ0v) is 7.22. The summed E-state index contributed by atoms with van der Waals surface area (Å²) in [4.78, 5) is 0. The van der Waals surface area contributed by atoms with Crippen molar-refractivity contribution < 1.29 is 0 Å². The van der Waals surface area contributed by atoms with Crippen LogP contribution in [0.15, 0.2) is 11.8 Å². The molecule has 0 radical (unpaired) electrons. The summed E-state index contributed by atoms with van der Waals surface area (Å²) in [6.07, 6.45) is 4.95. The molecule has 0 amide bonds. The molecular weight excluding hydrogens is 114 g/mol. The highest BCUT2D eigenvalue weighted by Gasteiger charge is 1.77. The lowest BCUT2D eigenvalue weighted by molar-refractivity contribution is 0.877. The first kappa shape index (κ1) is 7.45. The van der Waals surface area contributed by atoms with Gasteiger partial charge < -0.3 is 0 Å². The van der Waals surface area contributed by atoms with E-state index in [0.717, 1.165) is 23.1 Å². The molecule has 0 aliphatic carbocycles. The maximum atomic E-state index is 8.10. The second-order valence-corrected chi connectivity index (χ2v) is 2.29. The Morgan fingerprint density at radius 1 is 1.62 bits per heavy atom. The molecule has 0 fully saturated rings. The summed E-state index contributed by atoms with van der Waals surface area (Å²) in [7, 11) is 1.14. The topological polar surface area (TPSA) is 23.8 Å². The maximum absolute atomic E-state index is 8.10. The number of allylic oxidation sites excluding steroid dienone is 1. The van der Waals surface area contributed by atoms with Crippen LogP contribution >= 0.6 is 0 Å². The van der Waals surface area contributed by atoms with Crippen LogP contribution in [0.1, 0.15) is 19.3 Å². The Morgan fingerprint density at radius 3 is 2.88 bits per heavy atom. The van der Waals surface area contributed by atoms with E-state index in [0.29, 0.717) is 6.42 Å². The molecule has 0 aromatic carbocycles. The Labute approximate surface area is 53.4 Å². The van der Waals surface area contributed by atoms with E-state index in [1.165, 1.54) is 0 Å². The minimum absolute atomic E-state index is 0.700. The average Bonchev–Trinajstić information content (AvgIpc) is 1.81. The first-order chi connectivity index (χ1) is 3.91. The molecule has 0 N–H and O–H groups in total. The Hall–Kier alpha value is -0.553. The fraction of sp³-hybridized carbons (Fsp3) is 0.500. The van der Waals surface area contributed by atoms with Gasteiger partial charge in [0.25, 0.3) is 0 Å². The molecule has 0 aliphatic heterocycles. The highest BCUT2D eigenvalue weighted by Crippen LogP contribution is 1.92. The lowest BCUT2D eigenvalue weighted by atomic mass is 10.2. The molecule has 8 heavy (non-hydrogen) atoms. The number of hydrogen-bond acceptors (Lipinski definition) is 1. The average molecular weight is 125 g/mol. The van der Waals surface area contributed by atoms with Crippen LogP contribution in [-0.4, -0.2) is 10.2 Å². The van der Waals surface area contributed by atoms with E-state index in [2.05, 4.69) is 17.8 Å². The standard InChI is InChI=1S/C6H11NSi/c7-5-3-1-2-4-6-8/h4,6H,1-3H2,8H3/b6-4+. The Morgan fingerprint density at radius 2 is 2.38 bits per heavy atom. The zero-order chi connectivity index (χ0) is 6.24. The molecule has 0 saturated heterocycles. The summed E-state index contributed by atoms with van der Waals surface area (Å²) in [6.45, 7) is 0. The van der Waals surface area contributed by atoms with Gasteiger partial charge in [-0.25, -0.2) is 0 Å². The normalized spacial score (nSPS) is 9.88. The van der Waals surface area contributed by atoms with Crippen LogP contribution in [0.2, 0.25) is 0 Å². The summed E-state index contributed by atoms with van der Waals surface area (Å²) in [5.74, 6) is 0. The summed E-state index contributed by atoms with van der Waals surface area (Å²) in [5.41, 5.74) is 2.15. The smallest absolute Gasteiger partial charge is 0.0621 e. The van der Waals surface area contributed by atoms with Gasteiger partial charge in [0.1, 0.15) is 0 Å². The fourth-order valence-electron chi connectivity index (χ4n) is 0.466. The molecule has 44 valence electrons. The highest BCUT2D eigenvalue weighted by molar-refractivity contribution is 6.16. The molecule has 0 bridgehead atoms. The van der Waals surface area contributed by atoms with Crippen LogP contribution in [0.4, 0.5) is 0 Å². The van der Waals surface area contributed by atoms with Gasteiger partial charge in [0, 0.05) is 16.7 Å². The van der Waals surface area contributed by atoms with E-state index in [1.54, 1.807) is 0 Å². The monoisotopic (exact) mass is 125 g/mol. The lowest BCUT2D eigenvalue weighted by Crippen LogP contribution is -1.67. The highest BCUT2D eigenvalue weighted by atomic mass is 28.1. The van der Waals surface area contributed by atoms with Gasteiger partial charge in [-0.15, -0.1) is 5.70 Å². The predicted octanol–water partition coefficient (Wildman–Crippen LogP) is 0.559. The third-order valence-electron chi connectivity index (χ3n) is 0.895. The van der Waals surface area contributed by atoms with Gasteiger partial charge in [0.15, 0.2) is 0 Å². The summed E-state index contributed by atoms with van der Waals surface area (Å²) in [5, 5.41) is 8.10. The van der Waals surface area contributed by atoms with Crippen LogP contribution in [0, 0.1) is 11.3 Å². The Bertz CT molecular complexity index is 102. The number of rotatable bonds is 3. The Balaban J connectivity index is 2.85. The third kappa shape index (κ3) is 5.45. The molecule has 0 aromatic heterocycles. The number of unbranched alkanes of at least 4 members (excludes halogenated alkanes) is 2. The third-order valence-corrected chi connectivity index (χ3v) is 1.37. The molecule has 0 unspecified atom stereocenters. The van der Waals surface area contributed by atoms with Gasteiger partial charge in [-0.05, 0) is 12.8 Å². The van der Waals surface area contributed by atoms with Gasteiger partial charge >= 0.3 is 0 Å². The number of hydrogen-bond donors (Lipinski definition) is 0. The van der Waals surface area contributed by atoms with Gasteiger partial charge in [0.2, 0.25) is 0 Å². The van der Waals surface area contributed by atoms with E-state index in [-0.39, 0.29) is 0 Å². The van der Waals surface area contributed by atoms with Crippen molar-refractivity contribution in [3.05, 3.63) is 11.8 Å². The molecule has 1 nitrogen and oxygen atoms in total. The predicted molar refractivity (Wildman–Crippen MR) is 38.5 cm³/mol. The molecule has 0 aromatic rings. The first-order valence-electron chi connectivity index (χ1n) is 2.90. The fourth-order valence-corrected chi connectivity index (χ4v) is 0.799. The lowest BCUT2D eigenvalue weighted by Gasteiger charge is -1.82. The van der Waals surface area contributed by atoms with Gasteiger partial charge in [0.05, 0.1) is 6.07 Å². The van der Waals surface area contributed by atoms with Crippen LogP contribution in [0.3, 0.4) is 0 Å². The molecule has 0 aliphatic rings. The van der Waals surface area contributed by atoms with Crippen LogP contribution in [-0.2, 0) is 0 Å². The van der Waals surface area contributed by atoms with Crippen molar-refractivity contribution in [1.29, 1.82) is 5.26 Å². The molecule has 0 rings (SSSR count). The van der Waals surface area contributed by atoms with Crippen LogP contribution in [0.25, 0.3) is 0 Å². The molecule has 0 spiro atoms. The second-order valence-electron chi connectivity index (χ2n) is 1.62. The first-order valence-corrected chi connectivity index (χ1v) is 4.05. The summed E-state index contributed by atoms with van der Waals surface area (Å²) >= 11 is 0. The van der Waals surface area contributed by atoms with E-state index in [4.69, 9.17) is 5.26 Å². The number of nitrogens with zero attached hydrogens (tertiary/aromatic N) is 1. The van der Waals surface area contributed by atoms with Crippen molar-refractivity contribution in [2.45, 2.75) is 19.3 Å². The second kappa shape index (κ2) is 6.45. The van der Waals surface area contributed by atoms with Crippen molar-refractivity contribution in [1.82, 2.24) is 0 Å². The van der Waals surface area contributed by atoms with E-state index < -0.39 is 0 Å². The molecule has 0 atom stereocenters. The maximum Gasteiger partial charge on any atom is 0.0621 e. The number of nitriles is 1. The Kier molecular flexibility index (Phi) is 6.00. The van der Waals surface area contributed by atoms with Gasteiger partial charge in [-0.1, -0.05) is 6.08 Å². The molecular formula is C6H11NSi. The largest absolute Gasteiger partial charge is 0.198 e. The van der Waals surface area contributed by atoms with Gasteiger partial charge in [-0.3, -0.25) is 0 Å². The van der Waals surface area contributed by atoms with Crippen LogP contribution in [0.5, 0.6) is 0 Å². The van der Waals surface area contributed by atoms with Gasteiger partial charge in [-0.2, -0.15) is 5.26 Å². The summed E-state index contributed by atoms with van der Waals surface area (Å²) < 4.78 is 0. The summed E-state index contributed by atoms with van der Waals surface area (Å²) in [6, 6.07) is 2.10.